The van der Waals surface area contributed by atoms with Crippen molar-refractivity contribution in [3.8, 4) is 11.4 Å². The first-order valence-corrected chi connectivity index (χ1v) is 8.17. The summed E-state index contributed by atoms with van der Waals surface area (Å²) >= 11 is 0. The smallest absolute Gasteiger partial charge is 0.249 e. The molecule has 1 heterocycles. The predicted molar refractivity (Wildman–Crippen MR) is 79.5 cm³/mol. The lowest BCUT2D eigenvalue weighted by molar-refractivity contribution is 0.105. The molecule has 0 saturated carbocycles. The lowest BCUT2D eigenvalue weighted by Gasteiger charge is -2.16. The van der Waals surface area contributed by atoms with Gasteiger partial charge in [0.2, 0.25) is 15.0 Å². The quantitative estimate of drug-likeness (QED) is 0.921. The van der Waals surface area contributed by atoms with Crippen LogP contribution in [0.2, 0.25) is 0 Å². The van der Waals surface area contributed by atoms with Crippen LogP contribution in [0.3, 0.4) is 0 Å². The van der Waals surface area contributed by atoms with Crippen LogP contribution < -0.4 is 0 Å². The number of sulfone groups is 1. The minimum atomic E-state index is -3.70. The Balaban J connectivity index is 2.44. The normalized spacial score (nSPS) is 12.6. The van der Waals surface area contributed by atoms with E-state index in [0.717, 1.165) is 11.1 Å². The molecule has 21 heavy (non-hydrogen) atoms. The molecule has 0 spiro atoms. The van der Waals surface area contributed by atoms with Gasteiger partial charge in [-0.25, -0.2) is 8.42 Å². The number of nitrogens with zero attached hydrogens (tertiary/aromatic N) is 3. The summed E-state index contributed by atoms with van der Waals surface area (Å²) < 4.78 is 26.0. The van der Waals surface area contributed by atoms with Gasteiger partial charge in [0.05, 0.1) is 11.4 Å². The zero-order valence-electron chi connectivity index (χ0n) is 12.5. The summed E-state index contributed by atoms with van der Waals surface area (Å²) in [5.41, 5.74) is 0.575. The lowest BCUT2D eigenvalue weighted by atomic mass is 10.1. The molecule has 1 aromatic heterocycles. The van der Waals surface area contributed by atoms with Gasteiger partial charge in [-0.05, 0) is 20.8 Å². The fourth-order valence-corrected chi connectivity index (χ4v) is 3.80. The van der Waals surface area contributed by atoms with Gasteiger partial charge in [-0.2, -0.15) is 0 Å². The summed E-state index contributed by atoms with van der Waals surface area (Å²) in [5.74, 6) is 0.0733. The van der Waals surface area contributed by atoms with E-state index in [4.69, 9.17) is 0 Å². The van der Waals surface area contributed by atoms with E-state index in [1.54, 1.807) is 7.05 Å². The van der Waals surface area contributed by atoms with E-state index in [9.17, 15) is 13.5 Å². The van der Waals surface area contributed by atoms with Crippen molar-refractivity contribution in [3.63, 3.8) is 0 Å². The molecule has 0 amide bonds. The predicted octanol–water partition coefficient (Wildman–Crippen LogP) is 1.34. The molecule has 1 N–H and O–H groups in total. The Labute approximate surface area is 124 Å². The Bertz CT molecular complexity index is 741. The molecule has 1 aromatic carbocycles. The van der Waals surface area contributed by atoms with Gasteiger partial charge in [0, 0.05) is 12.6 Å². The van der Waals surface area contributed by atoms with Gasteiger partial charge in [-0.1, -0.05) is 29.8 Å². The zero-order chi connectivity index (χ0) is 15.8. The Kier molecular flexibility index (Phi) is 3.90. The lowest BCUT2D eigenvalue weighted by Crippen LogP contribution is -2.31. The Morgan fingerprint density at radius 3 is 2.29 bits per heavy atom. The number of aliphatic hydroxyl groups is 1. The fourth-order valence-electron chi connectivity index (χ4n) is 2.07. The monoisotopic (exact) mass is 309 g/mol. The number of rotatable bonds is 4. The molecule has 0 bridgehead atoms. The van der Waals surface area contributed by atoms with Crippen molar-refractivity contribution in [2.45, 2.75) is 31.5 Å². The molecule has 2 aromatic rings. The van der Waals surface area contributed by atoms with Crippen molar-refractivity contribution in [3.05, 3.63) is 29.8 Å². The highest BCUT2D eigenvalue weighted by molar-refractivity contribution is 7.91. The van der Waals surface area contributed by atoms with Crippen LogP contribution in [0.5, 0.6) is 0 Å². The summed E-state index contributed by atoms with van der Waals surface area (Å²) in [6.45, 7) is 4.86. The largest absolute Gasteiger partial charge is 0.389 e. The average Bonchev–Trinajstić information content (AvgIpc) is 2.70. The van der Waals surface area contributed by atoms with Gasteiger partial charge in [0.15, 0.2) is 5.82 Å². The second-order valence-electron chi connectivity index (χ2n) is 5.80. The van der Waals surface area contributed by atoms with Crippen molar-refractivity contribution in [1.29, 1.82) is 0 Å². The van der Waals surface area contributed by atoms with Crippen LogP contribution in [0, 0.1) is 6.92 Å². The van der Waals surface area contributed by atoms with Crippen molar-refractivity contribution >= 4 is 9.84 Å². The van der Waals surface area contributed by atoms with Crippen LogP contribution in [0.1, 0.15) is 19.4 Å². The Morgan fingerprint density at radius 1 is 1.19 bits per heavy atom. The highest BCUT2D eigenvalue weighted by Crippen LogP contribution is 2.21. The highest BCUT2D eigenvalue weighted by Gasteiger charge is 2.30. The maximum Gasteiger partial charge on any atom is 0.249 e. The van der Waals surface area contributed by atoms with Gasteiger partial charge >= 0.3 is 0 Å². The summed E-state index contributed by atoms with van der Waals surface area (Å²) in [7, 11) is -2.10. The van der Waals surface area contributed by atoms with E-state index in [1.807, 2.05) is 31.2 Å². The average molecular weight is 309 g/mol. The standard InChI is InChI=1S/C14H19N3O3S/c1-10-5-7-11(8-6-10)12-15-16-13(17(12)4)21(19,20)9-14(2,3)18/h5-8,18H,9H2,1-4H3. The molecule has 0 aliphatic rings. The van der Waals surface area contributed by atoms with Crippen LogP contribution in [-0.4, -0.2) is 39.6 Å². The second-order valence-corrected chi connectivity index (χ2v) is 7.69. The molecule has 0 unspecified atom stereocenters. The number of aryl methyl sites for hydroxylation is 1. The van der Waals surface area contributed by atoms with Gasteiger partial charge < -0.3 is 9.67 Å². The molecule has 0 atom stereocenters. The first-order chi connectivity index (χ1) is 9.60. The molecular weight excluding hydrogens is 290 g/mol. The van der Waals surface area contributed by atoms with E-state index in [2.05, 4.69) is 10.2 Å². The summed E-state index contributed by atoms with van der Waals surface area (Å²) in [5, 5.41) is 17.3. The van der Waals surface area contributed by atoms with E-state index in [-0.39, 0.29) is 5.16 Å². The fraction of sp³-hybridized carbons (Fsp3) is 0.429. The van der Waals surface area contributed by atoms with Crippen molar-refractivity contribution < 1.29 is 13.5 Å². The third-order valence-electron chi connectivity index (χ3n) is 2.97. The van der Waals surface area contributed by atoms with Gasteiger partial charge in [-0.15, -0.1) is 10.2 Å². The minimum absolute atomic E-state index is 0.139. The van der Waals surface area contributed by atoms with Crippen LogP contribution >= 0.6 is 0 Å². The maximum atomic E-state index is 12.3. The molecule has 0 aliphatic carbocycles. The van der Waals surface area contributed by atoms with Gasteiger partial charge in [-0.3, -0.25) is 0 Å². The van der Waals surface area contributed by atoms with E-state index in [1.165, 1.54) is 18.4 Å². The molecule has 0 saturated heterocycles. The minimum Gasteiger partial charge on any atom is -0.389 e. The van der Waals surface area contributed by atoms with Gasteiger partial charge in [0.25, 0.3) is 0 Å². The summed E-state index contributed by atoms with van der Waals surface area (Å²) in [6.07, 6.45) is 0. The molecule has 6 nitrogen and oxygen atoms in total. The third kappa shape index (κ3) is 3.48. The SMILES string of the molecule is Cc1ccc(-c2nnc(S(=O)(=O)CC(C)(C)O)n2C)cc1. The first-order valence-electron chi connectivity index (χ1n) is 6.52. The Hall–Kier alpha value is -1.73. The Morgan fingerprint density at radius 2 is 1.76 bits per heavy atom. The molecule has 0 fully saturated rings. The second kappa shape index (κ2) is 5.23. The van der Waals surface area contributed by atoms with Crippen LogP contribution in [0.25, 0.3) is 11.4 Å². The number of hydrogen-bond acceptors (Lipinski definition) is 5. The number of hydrogen-bond donors (Lipinski definition) is 1. The van der Waals surface area contributed by atoms with Gasteiger partial charge in [0.1, 0.15) is 0 Å². The molecule has 2 rings (SSSR count). The maximum absolute atomic E-state index is 12.3. The van der Waals surface area contributed by atoms with E-state index < -0.39 is 21.2 Å². The van der Waals surface area contributed by atoms with Crippen molar-refractivity contribution in [2.24, 2.45) is 7.05 Å². The molecule has 0 radical (unpaired) electrons. The zero-order valence-corrected chi connectivity index (χ0v) is 13.3. The van der Waals surface area contributed by atoms with Crippen LogP contribution in [0.15, 0.2) is 29.4 Å². The summed E-state index contributed by atoms with van der Waals surface area (Å²) in [6, 6.07) is 7.58. The molecule has 7 heteroatoms. The summed E-state index contributed by atoms with van der Waals surface area (Å²) in [4.78, 5) is 0. The molecular formula is C14H19N3O3S. The van der Waals surface area contributed by atoms with Crippen LogP contribution in [-0.2, 0) is 16.9 Å². The molecule has 0 aliphatic heterocycles. The van der Waals surface area contributed by atoms with Crippen molar-refractivity contribution in [1.82, 2.24) is 14.8 Å². The van der Waals surface area contributed by atoms with E-state index >= 15 is 0 Å². The van der Waals surface area contributed by atoms with E-state index in [0.29, 0.717) is 5.82 Å². The number of aromatic nitrogens is 3. The first kappa shape index (κ1) is 15.7. The van der Waals surface area contributed by atoms with Crippen LogP contribution in [0.4, 0.5) is 0 Å². The number of benzene rings is 1. The third-order valence-corrected chi connectivity index (χ3v) is 4.96. The highest BCUT2D eigenvalue weighted by atomic mass is 32.2. The molecule has 114 valence electrons. The van der Waals surface area contributed by atoms with Crippen molar-refractivity contribution in [2.75, 3.05) is 5.75 Å². The topological polar surface area (TPSA) is 85.1 Å².